The van der Waals surface area contributed by atoms with E-state index in [0.717, 1.165) is 30.3 Å². The van der Waals surface area contributed by atoms with Crippen molar-refractivity contribution in [2.45, 2.75) is 25.4 Å². The van der Waals surface area contributed by atoms with Crippen molar-refractivity contribution in [3.63, 3.8) is 0 Å². The van der Waals surface area contributed by atoms with Crippen LogP contribution in [-0.2, 0) is 6.54 Å². The summed E-state index contributed by atoms with van der Waals surface area (Å²) < 4.78 is 5.95. The van der Waals surface area contributed by atoms with Gasteiger partial charge in [-0.05, 0) is 12.5 Å². The van der Waals surface area contributed by atoms with Crippen LogP contribution >= 0.6 is 0 Å². The van der Waals surface area contributed by atoms with Gasteiger partial charge in [0.05, 0.1) is 12.7 Å². The van der Waals surface area contributed by atoms with Crippen LogP contribution in [0.1, 0.15) is 22.9 Å². The Kier molecular flexibility index (Phi) is 4.38. The lowest BCUT2D eigenvalue weighted by atomic mass is 9.95. The van der Waals surface area contributed by atoms with E-state index in [0.29, 0.717) is 12.5 Å². The van der Waals surface area contributed by atoms with E-state index in [-0.39, 0.29) is 6.04 Å². The molecule has 2 atom stereocenters. The molecule has 0 saturated carbocycles. The van der Waals surface area contributed by atoms with Crippen LogP contribution in [0.2, 0.25) is 0 Å². The molecule has 1 aliphatic heterocycles. The standard InChI is InChI=1S/C21H23N3O/c1-15-7-9-17(10-8-15)20-11-23-21(25-20)14-24-12-18(19(22)13-24)16-5-3-2-4-6-16/h2-11,18-19H,12-14,22H2,1H3/t18-,19+/m0/s1. The van der Waals surface area contributed by atoms with Gasteiger partial charge in [-0.2, -0.15) is 0 Å². The lowest BCUT2D eigenvalue weighted by Crippen LogP contribution is -2.28. The molecule has 25 heavy (non-hydrogen) atoms. The molecule has 1 aromatic heterocycles. The van der Waals surface area contributed by atoms with E-state index >= 15 is 0 Å². The summed E-state index contributed by atoms with van der Waals surface area (Å²) in [6.07, 6.45) is 1.81. The van der Waals surface area contributed by atoms with E-state index in [1.165, 1.54) is 11.1 Å². The summed E-state index contributed by atoms with van der Waals surface area (Å²) in [5.41, 5.74) is 9.98. The van der Waals surface area contributed by atoms with Crippen molar-refractivity contribution in [2.75, 3.05) is 13.1 Å². The second-order valence-corrected chi connectivity index (χ2v) is 6.86. The van der Waals surface area contributed by atoms with E-state index in [4.69, 9.17) is 10.2 Å². The maximum absolute atomic E-state index is 6.37. The molecule has 4 heteroatoms. The van der Waals surface area contributed by atoms with Crippen molar-refractivity contribution >= 4 is 0 Å². The average Bonchev–Trinajstić information content (AvgIpc) is 3.23. The van der Waals surface area contributed by atoms with E-state index in [1.807, 2.05) is 12.3 Å². The molecular formula is C21H23N3O. The minimum atomic E-state index is 0.147. The number of nitrogens with two attached hydrogens (primary N) is 1. The molecule has 0 aliphatic carbocycles. The molecule has 1 fully saturated rings. The average molecular weight is 333 g/mol. The van der Waals surface area contributed by atoms with Gasteiger partial charge in [-0.25, -0.2) is 4.98 Å². The van der Waals surface area contributed by atoms with Crippen molar-refractivity contribution in [3.8, 4) is 11.3 Å². The maximum atomic E-state index is 6.37. The van der Waals surface area contributed by atoms with Gasteiger partial charge >= 0.3 is 0 Å². The first-order chi connectivity index (χ1) is 12.2. The predicted octanol–water partition coefficient (Wildman–Crippen LogP) is 3.58. The summed E-state index contributed by atoms with van der Waals surface area (Å²) >= 11 is 0. The molecule has 2 heterocycles. The van der Waals surface area contributed by atoms with Gasteiger partial charge in [-0.15, -0.1) is 0 Å². The predicted molar refractivity (Wildman–Crippen MR) is 99.1 cm³/mol. The Balaban J connectivity index is 1.44. The zero-order chi connectivity index (χ0) is 17.2. The molecule has 2 aromatic carbocycles. The highest BCUT2D eigenvalue weighted by Gasteiger charge is 2.31. The van der Waals surface area contributed by atoms with Crippen molar-refractivity contribution in [3.05, 3.63) is 77.8 Å². The molecule has 0 amide bonds. The number of rotatable bonds is 4. The van der Waals surface area contributed by atoms with Gasteiger partial charge in [0.25, 0.3) is 0 Å². The SMILES string of the molecule is Cc1ccc(-c2cnc(CN3C[C@@H](N)[C@H](c4ccccc4)C3)o2)cc1. The van der Waals surface area contributed by atoms with E-state index in [9.17, 15) is 0 Å². The fourth-order valence-corrected chi connectivity index (χ4v) is 3.52. The summed E-state index contributed by atoms with van der Waals surface area (Å²) in [4.78, 5) is 6.78. The monoisotopic (exact) mass is 333 g/mol. The van der Waals surface area contributed by atoms with Gasteiger partial charge in [0.1, 0.15) is 0 Å². The second-order valence-electron chi connectivity index (χ2n) is 6.86. The fourth-order valence-electron chi connectivity index (χ4n) is 3.52. The van der Waals surface area contributed by atoms with Crippen molar-refractivity contribution < 1.29 is 4.42 Å². The molecule has 1 aliphatic rings. The number of aryl methyl sites for hydroxylation is 1. The molecule has 1 saturated heterocycles. The Bertz CT molecular complexity index is 826. The fraction of sp³-hybridized carbons (Fsp3) is 0.286. The second kappa shape index (κ2) is 6.82. The topological polar surface area (TPSA) is 55.3 Å². The molecule has 0 bridgehead atoms. The van der Waals surface area contributed by atoms with Crippen LogP contribution in [0.25, 0.3) is 11.3 Å². The summed E-state index contributed by atoms with van der Waals surface area (Å²) in [6.45, 7) is 4.58. The van der Waals surface area contributed by atoms with Gasteiger partial charge in [0, 0.05) is 30.6 Å². The molecule has 0 radical (unpaired) electrons. The normalized spacial score (nSPS) is 20.9. The molecule has 0 spiro atoms. The largest absolute Gasteiger partial charge is 0.439 e. The third-order valence-corrected chi connectivity index (χ3v) is 4.92. The van der Waals surface area contributed by atoms with E-state index in [1.54, 1.807) is 0 Å². The summed E-state index contributed by atoms with van der Waals surface area (Å²) in [5.74, 6) is 1.93. The third-order valence-electron chi connectivity index (χ3n) is 4.92. The first-order valence-electron chi connectivity index (χ1n) is 8.73. The van der Waals surface area contributed by atoms with E-state index in [2.05, 4.69) is 65.3 Å². The van der Waals surface area contributed by atoms with Crippen LogP contribution in [0.3, 0.4) is 0 Å². The zero-order valence-electron chi connectivity index (χ0n) is 14.4. The molecule has 128 valence electrons. The number of likely N-dealkylation sites (tertiary alicyclic amines) is 1. The van der Waals surface area contributed by atoms with Gasteiger partial charge in [0.15, 0.2) is 5.76 Å². The van der Waals surface area contributed by atoms with Gasteiger partial charge in [-0.1, -0.05) is 60.2 Å². The summed E-state index contributed by atoms with van der Waals surface area (Å²) in [6, 6.07) is 19.0. The molecule has 4 rings (SSSR count). The van der Waals surface area contributed by atoms with Crippen LogP contribution in [-0.4, -0.2) is 29.0 Å². The Morgan fingerprint density at radius 3 is 2.60 bits per heavy atom. The molecule has 4 nitrogen and oxygen atoms in total. The van der Waals surface area contributed by atoms with Crippen LogP contribution in [0.4, 0.5) is 0 Å². The lowest BCUT2D eigenvalue weighted by Gasteiger charge is -2.14. The number of hydrogen-bond donors (Lipinski definition) is 1. The third kappa shape index (κ3) is 3.50. The van der Waals surface area contributed by atoms with Gasteiger partial charge in [-0.3, -0.25) is 4.90 Å². The van der Waals surface area contributed by atoms with Crippen LogP contribution in [0.15, 0.2) is 65.2 Å². The Labute approximate surface area is 148 Å². The first-order valence-corrected chi connectivity index (χ1v) is 8.73. The van der Waals surface area contributed by atoms with Crippen LogP contribution in [0, 0.1) is 6.92 Å². The summed E-state index contributed by atoms with van der Waals surface area (Å²) in [7, 11) is 0. The highest BCUT2D eigenvalue weighted by molar-refractivity contribution is 5.56. The zero-order valence-corrected chi connectivity index (χ0v) is 14.4. The number of aromatic nitrogens is 1. The number of hydrogen-bond acceptors (Lipinski definition) is 4. The molecule has 0 unspecified atom stereocenters. The number of nitrogens with zero attached hydrogens (tertiary/aromatic N) is 2. The number of oxazole rings is 1. The van der Waals surface area contributed by atoms with Crippen molar-refractivity contribution in [1.29, 1.82) is 0 Å². The Hall–Kier alpha value is -2.43. The minimum absolute atomic E-state index is 0.147. The van der Waals surface area contributed by atoms with Gasteiger partial charge in [0.2, 0.25) is 5.89 Å². The first kappa shape index (κ1) is 16.1. The number of benzene rings is 2. The van der Waals surface area contributed by atoms with Crippen LogP contribution < -0.4 is 5.73 Å². The smallest absolute Gasteiger partial charge is 0.209 e. The molecular weight excluding hydrogens is 310 g/mol. The van der Waals surface area contributed by atoms with Crippen LogP contribution in [0.5, 0.6) is 0 Å². The maximum Gasteiger partial charge on any atom is 0.209 e. The van der Waals surface area contributed by atoms with Crippen molar-refractivity contribution in [1.82, 2.24) is 9.88 Å². The van der Waals surface area contributed by atoms with E-state index < -0.39 is 0 Å². The summed E-state index contributed by atoms with van der Waals surface area (Å²) in [5, 5.41) is 0. The lowest BCUT2D eigenvalue weighted by molar-refractivity contribution is 0.287. The minimum Gasteiger partial charge on any atom is -0.439 e. The Morgan fingerprint density at radius 2 is 1.84 bits per heavy atom. The Morgan fingerprint density at radius 1 is 1.08 bits per heavy atom. The molecule has 2 N–H and O–H groups in total. The van der Waals surface area contributed by atoms with Gasteiger partial charge < -0.3 is 10.2 Å². The highest BCUT2D eigenvalue weighted by Crippen LogP contribution is 2.28. The highest BCUT2D eigenvalue weighted by atomic mass is 16.4. The van der Waals surface area contributed by atoms with Crippen molar-refractivity contribution in [2.24, 2.45) is 5.73 Å². The molecule has 3 aromatic rings. The quantitative estimate of drug-likeness (QED) is 0.793.